The molecule has 0 aromatic rings. The molecule has 0 aromatic heterocycles. The number of morpholine rings is 1. The van der Waals surface area contributed by atoms with Gasteiger partial charge in [0, 0.05) is 19.5 Å². The van der Waals surface area contributed by atoms with Crippen molar-refractivity contribution in [1.82, 2.24) is 4.90 Å². The third kappa shape index (κ3) is 2.81. The van der Waals surface area contributed by atoms with Gasteiger partial charge < -0.3 is 9.64 Å². The number of nitrogens with zero attached hydrogens (tertiary/aromatic N) is 1. The van der Waals surface area contributed by atoms with Crippen LogP contribution >= 0.6 is 0 Å². The van der Waals surface area contributed by atoms with Crippen LogP contribution < -0.4 is 0 Å². The maximum atomic E-state index is 12.4. The second-order valence-electron chi connectivity index (χ2n) is 7.77. The fraction of sp³-hybridized carbons (Fsp3) is 0.938. The van der Waals surface area contributed by atoms with Crippen molar-refractivity contribution < 1.29 is 9.53 Å². The lowest BCUT2D eigenvalue weighted by molar-refractivity contribution is -0.137. The van der Waals surface area contributed by atoms with E-state index < -0.39 is 0 Å². The number of carbonyl (C=O) groups excluding carboxylic acids is 1. The highest BCUT2D eigenvalue weighted by Crippen LogP contribution is 2.60. The lowest BCUT2D eigenvalue weighted by Gasteiger charge is -2.41. The zero-order valence-electron chi connectivity index (χ0n) is 12.4. The highest BCUT2D eigenvalue weighted by molar-refractivity contribution is 5.76. The Kier molecular flexibility index (Phi) is 3.36. The zero-order valence-corrected chi connectivity index (χ0v) is 12.4. The number of rotatable bonds is 2. The fourth-order valence-electron chi connectivity index (χ4n) is 4.96. The van der Waals surface area contributed by atoms with E-state index in [1.54, 1.807) is 0 Å². The van der Waals surface area contributed by atoms with Crippen molar-refractivity contribution in [3.05, 3.63) is 0 Å². The summed E-state index contributed by atoms with van der Waals surface area (Å²) >= 11 is 0. The van der Waals surface area contributed by atoms with Crippen LogP contribution in [0.25, 0.3) is 0 Å². The van der Waals surface area contributed by atoms with Gasteiger partial charge in [-0.25, -0.2) is 0 Å². The Balaban J connectivity index is 1.59. The maximum absolute atomic E-state index is 12.4. The molecule has 3 atom stereocenters. The minimum atomic E-state index is 0.363. The van der Waals surface area contributed by atoms with Crippen LogP contribution in [0.2, 0.25) is 0 Å². The van der Waals surface area contributed by atoms with Crippen molar-refractivity contribution in [3.8, 4) is 0 Å². The van der Waals surface area contributed by atoms with Gasteiger partial charge in [0.2, 0.25) is 5.91 Å². The molecule has 2 saturated carbocycles. The third-order valence-corrected chi connectivity index (χ3v) is 5.58. The number of ether oxygens (including phenoxy) is 1. The van der Waals surface area contributed by atoms with Gasteiger partial charge in [0.25, 0.3) is 0 Å². The summed E-state index contributed by atoms with van der Waals surface area (Å²) in [4.78, 5) is 14.4. The quantitative estimate of drug-likeness (QED) is 0.768. The number of hydrogen-bond donors (Lipinski definition) is 0. The Bertz CT molecular complexity index is 346. The summed E-state index contributed by atoms with van der Waals surface area (Å²) in [5.41, 5.74) is 1.03. The van der Waals surface area contributed by atoms with E-state index in [1.807, 2.05) is 4.90 Å². The van der Waals surface area contributed by atoms with E-state index >= 15 is 0 Å². The minimum absolute atomic E-state index is 0.363. The van der Waals surface area contributed by atoms with Crippen LogP contribution in [-0.4, -0.2) is 37.1 Å². The average Bonchev–Trinajstić information content (AvgIpc) is 2.59. The molecule has 1 aliphatic heterocycles. The predicted molar refractivity (Wildman–Crippen MR) is 74.8 cm³/mol. The highest BCUT2D eigenvalue weighted by atomic mass is 16.5. The molecule has 3 rings (SSSR count). The number of fused-ring (bicyclic) bond motifs is 2. The summed E-state index contributed by atoms with van der Waals surface area (Å²) < 4.78 is 5.32. The van der Waals surface area contributed by atoms with E-state index in [-0.39, 0.29) is 0 Å². The fourth-order valence-corrected chi connectivity index (χ4v) is 4.96. The Hall–Kier alpha value is -0.570. The molecule has 2 unspecified atom stereocenters. The predicted octanol–water partition coefficient (Wildman–Crippen LogP) is 2.84. The van der Waals surface area contributed by atoms with E-state index in [1.165, 1.54) is 32.1 Å². The first kappa shape index (κ1) is 13.4. The maximum Gasteiger partial charge on any atom is 0.223 e. The van der Waals surface area contributed by atoms with E-state index in [2.05, 4.69) is 13.8 Å². The summed E-state index contributed by atoms with van der Waals surface area (Å²) in [5.74, 6) is 0.975. The van der Waals surface area contributed by atoms with Gasteiger partial charge in [-0.05, 0) is 48.9 Å². The van der Waals surface area contributed by atoms with Gasteiger partial charge in [0.15, 0.2) is 0 Å². The summed E-state index contributed by atoms with van der Waals surface area (Å²) in [6.45, 7) is 7.88. The van der Waals surface area contributed by atoms with Crippen molar-refractivity contribution >= 4 is 5.91 Å². The normalized spacial score (nSPS) is 42.4. The lowest BCUT2D eigenvalue weighted by Crippen LogP contribution is -2.42. The molecule has 0 radical (unpaired) electrons. The van der Waals surface area contributed by atoms with Crippen LogP contribution in [0.15, 0.2) is 0 Å². The molecule has 1 heterocycles. The molecule has 3 fully saturated rings. The van der Waals surface area contributed by atoms with Crippen molar-refractivity contribution in [2.24, 2.45) is 16.7 Å². The molecule has 1 amide bonds. The topological polar surface area (TPSA) is 29.5 Å². The molecule has 3 nitrogen and oxygen atoms in total. The molecule has 3 aliphatic rings. The number of hydrogen-bond acceptors (Lipinski definition) is 2. The smallest absolute Gasteiger partial charge is 0.223 e. The van der Waals surface area contributed by atoms with E-state index in [0.29, 0.717) is 35.9 Å². The van der Waals surface area contributed by atoms with Gasteiger partial charge in [-0.3, -0.25) is 4.79 Å². The van der Waals surface area contributed by atoms with Gasteiger partial charge in [-0.1, -0.05) is 13.8 Å². The largest absolute Gasteiger partial charge is 0.378 e. The Morgan fingerprint density at radius 2 is 1.74 bits per heavy atom. The number of carbonyl (C=O) groups is 1. The Labute approximate surface area is 116 Å². The van der Waals surface area contributed by atoms with Crippen molar-refractivity contribution in [2.75, 3.05) is 26.3 Å². The second-order valence-corrected chi connectivity index (χ2v) is 7.77. The van der Waals surface area contributed by atoms with Gasteiger partial charge in [0.1, 0.15) is 0 Å². The van der Waals surface area contributed by atoms with Crippen LogP contribution in [0.5, 0.6) is 0 Å². The molecule has 2 aliphatic carbocycles. The zero-order chi connectivity index (χ0) is 13.5. The van der Waals surface area contributed by atoms with E-state index in [0.717, 1.165) is 19.5 Å². The van der Waals surface area contributed by atoms with Crippen LogP contribution in [0.4, 0.5) is 0 Å². The SMILES string of the molecule is CC12CC[C@@](C)(CC(CC(=O)N3CCOCC3)C1)C2. The molecule has 0 aromatic carbocycles. The molecule has 2 bridgehead atoms. The Morgan fingerprint density at radius 3 is 2.32 bits per heavy atom. The molecule has 108 valence electrons. The summed E-state index contributed by atoms with van der Waals surface area (Å²) in [7, 11) is 0. The monoisotopic (exact) mass is 265 g/mol. The number of amides is 1. The standard InChI is InChI=1S/C16H27NO2/c1-15-3-4-16(2,12-15)11-13(10-15)9-14(18)17-5-7-19-8-6-17/h13H,3-12H2,1-2H3/t13?,15-,16?/m0/s1. The van der Waals surface area contributed by atoms with Crippen LogP contribution in [0.3, 0.4) is 0 Å². The summed E-state index contributed by atoms with van der Waals surface area (Å²) in [6, 6.07) is 0. The summed E-state index contributed by atoms with van der Waals surface area (Å²) in [5, 5.41) is 0. The van der Waals surface area contributed by atoms with Gasteiger partial charge >= 0.3 is 0 Å². The average molecular weight is 265 g/mol. The Morgan fingerprint density at radius 1 is 1.16 bits per heavy atom. The van der Waals surface area contributed by atoms with Crippen molar-refractivity contribution in [2.45, 2.75) is 52.4 Å². The molecule has 3 heteroatoms. The second kappa shape index (κ2) is 4.76. The first-order valence-corrected chi connectivity index (χ1v) is 7.84. The molecule has 19 heavy (non-hydrogen) atoms. The van der Waals surface area contributed by atoms with E-state index in [4.69, 9.17) is 4.74 Å². The lowest BCUT2D eigenvalue weighted by atomic mass is 9.65. The molecule has 1 saturated heterocycles. The van der Waals surface area contributed by atoms with Gasteiger partial charge in [-0.2, -0.15) is 0 Å². The first-order valence-electron chi connectivity index (χ1n) is 7.84. The van der Waals surface area contributed by atoms with Crippen LogP contribution in [0.1, 0.15) is 52.4 Å². The highest BCUT2D eigenvalue weighted by Gasteiger charge is 2.49. The first-order chi connectivity index (χ1) is 8.98. The van der Waals surface area contributed by atoms with Crippen molar-refractivity contribution in [3.63, 3.8) is 0 Å². The molecule has 0 spiro atoms. The van der Waals surface area contributed by atoms with Gasteiger partial charge in [0.05, 0.1) is 13.2 Å². The van der Waals surface area contributed by atoms with Crippen LogP contribution in [-0.2, 0) is 9.53 Å². The van der Waals surface area contributed by atoms with Crippen molar-refractivity contribution in [1.29, 1.82) is 0 Å². The van der Waals surface area contributed by atoms with E-state index in [9.17, 15) is 4.79 Å². The molecular weight excluding hydrogens is 238 g/mol. The molecule has 0 N–H and O–H groups in total. The van der Waals surface area contributed by atoms with Crippen LogP contribution in [0, 0.1) is 16.7 Å². The third-order valence-electron chi connectivity index (χ3n) is 5.58. The summed E-state index contributed by atoms with van der Waals surface area (Å²) in [6.07, 6.45) is 7.41. The molecular formula is C16H27NO2. The minimum Gasteiger partial charge on any atom is -0.378 e. The van der Waals surface area contributed by atoms with Gasteiger partial charge in [-0.15, -0.1) is 0 Å².